The van der Waals surface area contributed by atoms with Crippen molar-refractivity contribution in [2.75, 3.05) is 13.1 Å². The summed E-state index contributed by atoms with van der Waals surface area (Å²) in [7, 11) is 0. The zero-order chi connectivity index (χ0) is 17.6. The van der Waals surface area contributed by atoms with Crippen LogP contribution in [0.1, 0.15) is 29.0 Å². The molecule has 7 heteroatoms. The van der Waals surface area contributed by atoms with Gasteiger partial charge in [0.15, 0.2) is 5.76 Å². The molecule has 1 aromatic carbocycles. The first-order valence-corrected chi connectivity index (χ1v) is 8.61. The number of nitrogens with zero attached hydrogens (tertiary/aromatic N) is 1. The van der Waals surface area contributed by atoms with Crippen LogP contribution in [0.4, 0.5) is 4.79 Å². The molecule has 1 aliphatic rings. The van der Waals surface area contributed by atoms with Gasteiger partial charge >= 0.3 is 6.03 Å². The highest BCUT2D eigenvalue weighted by Crippen LogP contribution is 2.14. The Morgan fingerprint density at radius 3 is 2.68 bits per heavy atom. The molecule has 0 aliphatic carbocycles. The summed E-state index contributed by atoms with van der Waals surface area (Å²) in [6, 6.07) is 10.6. The smallest absolute Gasteiger partial charge is 0.315 e. The van der Waals surface area contributed by atoms with Gasteiger partial charge in [0.25, 0.3) is 5.91 Å². The monoisotopic (exact) mass is 361 g/mol. The number of urea groups is 1. The van der Waals surface area contributed by atoms with Crippen LogP contribution < -0.4 is 10.6 Å². The highest BCUT2D eigenvalue weighted by atomic mass is 35.5. The average Bonchev–Trinajstić information content (AvgIpc) is 3.15. The predicted octanol–water partition coefficient (Wildman–Crippen LogP) is 3.04. The second kappa shape index (κ2) is 8.07. The van der Waals surface area contributed by atoms with Gasteiger partial charge in [-0.15, -0.1) is 0 Å². The fraction of sp³-hybridized carbons (Fsp3) is 0.333. The van der Waals surface area contributed by atoms with Crippen LogP contribution in [0.3, 0.4) is 0 Å². The van der Waals surface area contributed by atoms with E-state index in [1.165, 1.54) is 6.26 Å². The van der Waals surface area contributed by atoms with Gasteiger partial charge in [-0.1, -0.05) is 23.7 Å². The zero-order valence-corrected chi connectivity index (χ0v) is 14.5. The van der Waals surface area contributed by atoms with Crippen LogP contribution in [0.2, 0.25) is 5.02 Å². The number of hydrogen-bond acceptors (Lipinski definition) is 3. The molecule has 25 heavy (non-hydrogen) atoms. The Balaban J connectivity index is 1.41. The van der Waals surface area contributed by atoms with Crippen molar-refractivity contribution in [1.82, 2.24) is 15.5 Å². The molecule has 0 saturated carbocycles. The Hall–Kier alpha value is -2.47. The van der Waals surface area contributed by atoms with E-state index in [2.05, 4.69) is 10.6 Å². The van der Waals surface area contributed by atoms with Gasteiger partial charge in [-0.25, -0.2) is 4.79 Å². The van der Waals surface area contributed by atoms with Gasteiger partial charge in [0.2, 0.25) is 0 Å². The van der Waals surface area contributed by atoms with E-state index in [9.17, 15) is 9.59 Å². The fourth-order valence-electron chi connectivity index (χ4n) is 2.85. The Labute approximate surface area is 151 Å². The van der Waals surface area contributed by atoms with E-state index in [1.807, 2.05) is 18.2 Å². The third-order valence-electron chi connectivity index (χ3n) is 4.19. The Morgan fingerprint density at radius 2 is 2.00 bits per heavy atom. The maximum atomic E-state index is 12.2. The van der Waals surface area contributed by atoms with Crippen LogP contribution in [0, 0.1) is 0 Å². The molecule has 1 fully saturated rings. The zero-order valence-electron chi connectivity index (χ0n) is 13.7. The van der Waals surface area contributed by atoms with Crippen molar-refractivity contribution < 1.29 is 14.0 Å². The van der Waals surface area contributed by atoms with Crippen LogP contribution >= 0.6 is 11.6 Å². The summed E-state index contributed by atoms with van der Waals surface area (Å²) in [6.45, 7) is 1.61. The van der Waals surface area contributed by atoms with Crippen LogP contribution in [0.25, 0.3) is 0 Å². The lowest BCUT2D eigenvalue weighted by Crippen LogP contribution is -2.49. The number of likely N-dealkylation sites (tertiary alicyclic amines) is 1. The van der Waals surface area contributed by atoms with Crippen molar-refractivity contribution in [3.63, 3.8) is 0 Å². The van der Waals surface area contributed by atoms with Gasteiger partial charge < -0.3 is 20.0 Å². The summed E-state index contributed by atoms with van der Waals surface area (Å²) < 4.78 is 5.14. The Morgan fingerprint density at radius 1 is 1.20 bits per heavy atom. The van der Waals surface area contributed by atoms with Crippen molar-refractivity contribution in [2.24, 2.45) is 0 Å². The summed E-state index contributed by atoms with van der Waals surface area (Å²) in [5.41, 5.74) is 0.946. The molecule has 3 amide bonds. The third-order valence-corrected chi connectivity index (χ3v) is 4.43. The number of carbonyl (C=O) groups is 2. The quantitative estimate of drug-likeness (QED) is 0.879. The normalized spacial score (nSPS) is 15.0. The number of hydrogen-bond donors (Lipinski definition) is 2. The number of piperidine rings is 1. The second-order valence-corrected chi connectivity index (χ2v) is 6.44. The SMILES string of the molecule is O=C(NCc1cccc(Cl)c1)NC1CCN(C(=O)c2ccco2)CC1. The lowest BCUT2D eigenvalue weighted by atomic mass is 10.0. The Bertz CT molecular complexity index is 725. The van der Waals surface area contributed by atoms with E-state index >= 15 is 0 Å². The van der Waals surface area contributed by atoms with Crippen molar-refractivity contribution in [3.05, 3.63) is 59.0 Å². The Kier molecular flexibility index (Phi) is 5.60. The molecule has 0 atom stereocenters. The van der Waals surface area contributed by atoms with Crippen molar-refractivity contribution in [1.29, 1.82) is 0 Å². The van der Waals surface area contributed by atoms with E-state index in [4.69, 9.17) is 16.0 Å². The van der Waals surface area contributed by atoms with Crippen molar-refractivity contribution in [2.45, 2.75) is 25.4 Å². The minimum absolute atomic E-state index is 0.0556. The summed E-state index contributed by atoms with van der Waals surface area (Å²) in [5.74, 6) is 0.250. The number of carbonyl (C=O) groups excluding carboxylic acids is 2. The number of halogens is 1. The number of rotatable bonds is 4. The predicted molar refractivity (Wildman–Crippen MR) is 94.5 cm³/mol. The highest BCUT2D eigenvalue weighted by Gasteiger charge is 2.25. The first kappa shape index (κ1) is 17.4. The lowest BCUT2D eigenvalue weighted by molar-refractivity contribution is 0.0676. The topological polar surface area (TPSA) is 74.6 Å². The molecule has 6 nitrogen and oxygen atoms in total. The van der Waals surface area contributed by atoms with Crippen LogP contribution in [-0.4, -0.2) is 36.0 Å². The van der Waals surface area contributed by atoms with Crippen LogP contribution in [0.15, 0.2) is 47.1 Å². The van der Waals surface area contributed by atoms with Gasteiger partial charge in [0.05, 0.1) is 6.26 Å². The first-order valence-electron chi connectivity index (χ1n) is 8.23. The van der Waals surface area contributed by atoms with Gasteiger partial charge in [-0.3, -0.25) is 4.79 Å². The summed E-state index contributed by atoms with van der Waals surface area (Å²) >= 11 is 5.92. The van der Waals surface area contributed by atoms with Gasteiger partial charge in [-0.05, 0) is 42.7 Å². The largest absolute Gasteiger partial charge is 0.459 e. The molecule has 0 bridgehead atoms. The van der Waals surface area contributed by atoms with Crippen LogP contribution in [0.5, 0.6) is 0 Å². The molecule has 2 heterocycles. The number of nitrogens with one attached hydrogen (secondary N) is 2. The average molecular weight is 362 g/mol. The molecule has 3 rings (SSSR count). The van der Waals surface area contributed by atoms with E-state index < -0.39 is 0 Å². The fourth-order valence-corrected chi connectivity index (χ4v) is 3.06. The molecule has 2 aromatic rings. The molecule has 1 aliphatic heterocycles. The number of furan rings is 1. The third kappa shape index (κ3) is 4.76. The number of amides is 3. The standard InChI is InChI=1S/C18H20ClN3O3/c19-14-4-1-3-13(11-14)12-20-18(24)21-15-6-8-22(9-7-15)17(23)16-5-2-10-25-16/h1-5,10-11,15H,6-9,12H2,(H2,20,21,24). The van der Waals surface area contributed by atoms with E-state index in [-0.39, 0.29) is 18.0 Å². The summed E-state index contributed by atoms with van der Waals surface area (Å²) in [5, 5.41) is 6.43. The minimum Gasteiger partial charge on any atom is -0.459 e. The molecule has 2 N–H and O–H groups in total. The molecule has 1 aromatic heterocycles. The molecule has 0 unspecified atom stereocenters. The molecule has 132 valence electrons. The van der Waals surface area contributed by atoms with Gasteiger partial charge in [0, 0.05) is 30.7 Å². The maximum absolute atomic E-state index is 12.2. The molecule has 1 saturated heterocycles. The lowest BCUT2D eigenvalue weighted by Gasteiger charge is -2.31. The molecular weight excluding hydrogens is 342 g/mol. The van der Waals surface area contributed by atoms with E-state index in [0.717, 1.165) is 18.4 Å². The second-order valence-electron chi connectivity index (χ2n) is 6.00. The van der Waals surface area contributed by atoms with Gasteiger partial charge in [-0.2, -0.15) is 0 Å². The summed E-state index contributed by atoms with van der Waals surface area (Å²) in [4.78, 5) is 26.0. The van der Waals surface area contributed by atoms with Gasteiger partial charge in [0.1, 0.15) is 0 Å². The van der Waals surface area contributed by atoms with E-state index in [0.29, 0.717) is 30.4 Å². The first-order chi connectivity index (χ1) is 12.1. The van der Waals surface area contributed by atoms with Crippen LogP contribution in [-0.2, 0) is 6.54 Å². The molecular formula is C18H20ClN3O3. The van der Waals surface area contributed by atoms with Crippen molar-refractivity contribution in [3.8, 4) is 0 Å². The van der Waals surface area contributed by atoms with Crippen molar-refractivity contribution >= 4 is 23.5 Å². The molecule has 0 radical (unpaired) electrons. The van der Waals surface area contributed by atoms with E-state index in [1.54, 1.807) is 23.1 Å². The number of benzene rings is 1. The summed E-state index contributed by atoms with van der Waals surface area (Å²) in [6.07, 6.45) is 2.93. The maximum Gasteiger partial charge on any atom is 0.315 e. The highest BCUT2D eigenvalue weighted by molar-refractivity contribution is 6.30. The minimum atomic E-state index is -0.212. The molecule has 0 spiro atoms.